The zero-order valence-electron chi connectivity index (χ0n) is 16.4. The fourth-order valence-electron chi connectivity index (χ4n) is 3.70. The molecule has 5 nitrogen and oxygen atoms in total. The van der Waals surface area contributed by atoms with Crippen LogP contribution < -0.4 is 0 Å². The zero-order valence-corrected chi connectivity index (χ0v) is 16.4. The number of halogens is 1. The van der Waals surface area contributed by atoms with Gasteiger partial charge >= 0.3 is 0 Å². The quantitative estimate of drug-likeness (QED) is 0.771. The molecule has 2 heterocycles. The molecule has 2 aromatic rings. The first-order chi connectivity index (χ1) is 13.0. The lowest BCUT2D eigenvalue weighted by Gasteiger charge is -2.34. The Kier molecular flexibility index (Phi) is 6.26. The highest BCUT2D eigenvalue weighted by molar-refractivity contribution is 5.79. The van der Waals surface area contributed by atoms with Crippen LogP contribution in [0.5, 0.6) is 0 Å². The van der Waals surface area contributed by atoms with Gasteiger partial charge in [0.25, 0.3) is 0 Å². The maximum Gasteiger partial charge on any atom is 0.226 e. The van der Waals surface area contributed by atoms with E-state index >= 15 is 0 Å². The van der Waals surface area contributed by atoms with Gasteiger partial charge < -0.3 is 9.32 Å². The van der Waals surface area contributed by atoms with Crippen molar-refractivity contribution in [1.29, 1.82) is 0 Å². The largest absolute Gasteiger partial charge is 0.441 e. The Labute approximate surface area is 160 Å². The number of likely N-dealkylation sites (tertiary alicyclic amines) is 1. The zero-order chi connectivity index (χ0) is 19.4. The maximum absolute atomic E-state index is 13.1. The number of aromatic nitrogens is 1. The molecule has 0 saturated carbocycles. The van der Waals surface area contributed by atoms with Crippen molar-refractivity contribution in [2.75, 3.05) is 26.2 Å². The summed E-state index contributed by atoms with van der Waals surface area (Å²) >= 11 is 0. The molecule has 6 heteroatoms. The van der Waals surface area contributed by atoms with Crippen LogP contribution in [0.25, 0.3) is 11.5 Å². The molecule has 1 aliphatic rings. The molecule has 1 aromatic carbocycles. The summed E-state index contributed by atoms with van der Waals surface area (Å²) < 4.78 is 18.9. The number of carbonyl (C=O) groups excluding carboxylic acids is 1. The molecular formula is C21H28FN3O2. The van der Waals surface area contributed by atoms with E-state index in [1.165, 1.54) is 12.1 Å². The number of rotatable bonds is 6. The molecule has 3 rings (SSSR count). The Morgan fingerprint density at radius 3 is 2.67 bits per heavy atom. The summed E-state index contributed by atoms with van der Waals surface area (Å²) in [5.41, 5.74) is 1.64. The standard InChI is InChI=1S/C21H28FN3O2/c1-4-25(5-2)21(26)17-7-6-12-24(13-17)14-19-15(3)27-20(23-19)16-8-10-18(22)11-9-16/h8-11,17H,4-7,12-14H2,1-3H3/t17-/m0/s1. The van der Waals surface area contributed by atoms with E-state index in [-0.39, 0.29) is 17.6 Å². The first-order valence-electron chi connectivity index (χ1n) is 9.75. The third-order valence-electron chi connectivity index (χ3n) is 5.29. The van der Waals surface area contributed by atoms with Crippen LogP contribution in [0, 0.1) is 18.7 Å². The molecular weight excluding hydrogens is 345 g/mol. The Morgan fingerprint density at radius 1 is 1.30 bits per heavy atom. The second-order valence-electron chi connectivity index (χ2n) is 7.11. The Balaban J connectivity index is 1.68. The van der Waals surface area contributed by atoms with Crippen molar-refractivity contribution in [2.24, 2.45) is 5.92 Å². The van der Waals surface area contributed by atoms with Crippen molar-refractivity contribution in [3.8, 4) is 11.5 Å². The van der Waals surface area contributed by atoms with E-state index in [0.29, 0.717) is 12.4 Å². The molecule has 1 fully saturated rings. The summed E-state index contributed by atoms with van der Waals surface area (Å²) in [5.74, 6) is 1.32. The average molecular weight is 373 g/mol. The van der Waals surface area contributed by atoms with Crippen molar-refractivity contribution < 1.29 is 13.6 Å². The van der Waals surface area contributed by atoms with Crippen LogP contribution >= 0.6 is 0 Å². The minimum Gasteiger partial charge on any atom is -0.441 e. The van der Waals surface area contributed by atoms with Gasteiger partial charge in [-0.2, -0.15) is 0 Å². The smallest absolute Gasteiger partial charge is 0.226 e. The number of benzene rings is 1. The summed E-state index contributed by atoms with van der Waals surface area (Å²) in [6, 6.07) is 6.15. The molecule has 0 N–H and O–H groups in total. The van der Waals surface area contributed by atoms with Gasteiger partial charge in [0, 0.05) is 31.7 Å². The van der Waals surface area contributed by atoms with Gasteiger partial charge in [0.05, 0.1) is 11.6 Å². The van der Waals surface area contributed by atoms with E-state index in [0.717, 1.165) is 56.0 Å². The predicted molar refractivity (Wildman–Crippen MR) is 103 cm³/mol. The van der Waals surface area contributed by atoms with E-state index in [2.05, 4.69) is 9.88 Å². The van der Waals surface area contributed by atoms with Gasteiger partial charge in [-0.1, -0.05) is 0 Å². The Morgan fingerprint density at radius 2 is 2.00 bits per heavy atom. The molecule has 0 radical (unpaired) electrons. The van der Waals surface area contributed by atoms with Gasteiger partial charge in [0.1, 0.15) is 11.6 Å². The van der Waals surface area contributed by atoms with Crippen LogP contribution in [0.15, 0.2) is 28.7 Å². The lowest BCUT2D eigenvalue weighted by atomic mass is 9.96. The predicted octanol–water partition coefficient (Wildman–Crippen LogP) is 3.87. The van der Waals surface area contributed by atoms with E-state index < -0.39 is 0 Å². The van der Waals surface area contributed by atoms with Crippen LogP contribution in [0.4, 0.5) is 4.39 Å². The highest BCUT2D eigenvalue weighted by Crippen LogP contribution is 2.25. The first kappa shape index (κ1) is 19.5. The number of piperidine rings is 1. The summed E-state index contributed by atoms with van der Waals surface area (Å²) in [7, 11) is 0. The van der Waals surface area contributed by atoms with Crippen LogP contribution in [0.3, 0.4) is 0 Å². The SMILES string of the molecule is CCN(CC)C(=O)[C@H]1CCCN(Cc2nc(-c3ccc(F)cc3)oc2C)C1. The lowest BCUT2D eigenvalue weighted by Crippen LogP contribution is -2.44. The number of hydrogen-bond acceptors (Lipinski definition) is 4. The number of hydrogen-bond donors (Lipinski definition) is 0. The van der Waals surface area contributed by atoms with Crippen LogP contribution in [-0.4, -0.2) is 46.9 Å². The summed E-state index contributed by atoms with van der Waals surface area (Å²) in [4.78, 5) is 21.5. The lowest BCUT2D eigenvalue weighted by molar-refractivity contribution is -0.137. The molecule has 27 heavy (non-hydrogen) atoms. The molecule has 0 unspecified atom stereocenters. The summed E-state index contributed by atoms with van der Waals surface area (Å²) in [6.45, 7) is 9.85. The second-order valence-corrected chi connectivity index (χ2v) is 7.11. The van der Waals surface area contributed by atoms with Gasteiger partial charge in [-0.15, -0.1) is 0 Å². The fraction of sp³-hybridized carbons (Fsp3) is 0.524. The van der Waals surface area contributed by atoms with Crippen molar-refractivity contribution in [3.05, 3.63) is 41.5 Å². The molecule has 1 amide bonds. The second kappa shape index (κ2) is 8.65. The Hall–Kier alpha value is -2.21. The number of oxazole rings is 1. The van der Waals surface area contributed by atoms with Crippen molar-refractivity contribution in [3.63, 3.8) is 0 Å². The monoisotopic (exact) mass is 373 g/mol. The van der Waals surface area contributed by atoms with Crippen LogP contribution in [-0.2, 0) is 11.3 Å². The average Bonchev–Trinajstić information content (AvgIpc) is 3.04. The van der Waals surface area contributed by atoms with Crippen LogP contribution in [0.1, 0.15) is 38.1 Å². The maximum atomic E-state index is 13.1. The van der Waals surface area contributed by atoms with Crippen molar-refractivity contribution >= 4 is 5.91 Å². The van der Waals surface area contributed by atoms with E-state index in [1.807, 2.05) is 25.7 Å². The highest BCUT2D eigenvalue weighted by atomic mass is 19.1. The molecule has 1 aliphatic heterocycles. The normalized spacial score (nSPS) is 17.9. The van der Waals surface area contributed by atoms with E-state index in [4.69, 9.17) is 4.42 Å². The van der Waals surface area contributed by atoms with E-state index in [1.54, 1.807) is 12.1 Å². The summed E-state index contributed by atoms with van der Waals surface area (Å²) in [6.07, 6.45) is 1.96. The van der Waals surface area contributed by atoms with Gasteiger partial charge in [-0.25, -0.2) is 9.37 Å². The third-order valence-corrected chi connectivity index (χ3v) is 5.29. The van der Waals surface area contributed by atoms with Gasteiger partial charge in [0.15, 0.2) is 0 Å². The molecule has 1 atom stereocenters. The van der Waals surface area contributed by atoms with Crippen molar-refractivity contribution in [2.45, 2.75) is 40.2 Å². The highest BCUT2D eigenvalue weighted by Gasteiger charge is 2.29. The van der Waals surface area contributed by atoms with Gasteiger partial charge in [-0.3, -0.25) is 9.69 Å². The van der Waals surface area contributed by atoms with E-state index in [9.17, 15) is 9.18 Å². The molecule has 0 spiro atoms. The summed E-state index contributed by atoms with van der Waals surface area (Å²) in [5, 5.41) is 0. The number of amides is 1. The number of nitrogens with zero attached hydrogens (tertiary/aromatic N) is 3. The topological polar surface area (TPSA) is 49.6 Å². The first-order valence-corrected chi connectivity index (χ1v) is 9.75. The fourth-order valence-corrected chi connectivity index (χ4v) is 3.70. The molecule has 1 aromatic heterocycles. The molecule has 1 saturated heterocycles. The minimum absolute atomic E-state index is 0.0578. The Bertz CT molecular complexity index is 768. The third kappa shape index (κ3) is 4.56. The number of carbonyl (C=O) groups is 1. The van der Waals surface area contributed by atoms with Gasteiger partial charge in [-0.05, 0) is 64.4 Å². The molecule has 146 valence electrons. The number of aryl methyl sites for hydroxylation is 1. The van der Waals surface area contributed by atoms with Crippen LogP contribution in [0.2, 0.25) is 0 Å². The molecule has 0 bridgehead atoms. The van der Waals surface area contributed by atoms with Crippen molar-refractivity contribution in [1.82, 2.24) is 14.8 Å². The minimum atomic E-state index is -0.278. The molecule has 0 aliphatic carbocycles. The van der Waals surface area contributed by atoms with Gasteiger partial charge in [0.2, 0.25) is 11.8 Å².